The van der Waals surface area contributed by atoms with Gasteiger partial charge in [0.2, 0.25) is 11.8 Å². The van der Waals surface area contributed by atoms with Crippen molar-refractivity contribution in [2.75, 3.05) is 33.7 Å². The molecule has 3 N–H and O–H groups in total. The Hall–Kier alpha value is -4.87. The molecule has 5 heterocycles. The number of ketones is 2. The van der Waals surface area contributed by atoms with Crippen LogP contribution in [0.5, 0.6) is 11.5 Å². The van der Waals surface area contributed by atoms with Gasteiger partial charge in [0.15, 0.2) is 23.8 Å². The Morgan fingerprint density at radius 1 is 0.828 bits per heavy atom. The molecule has 5 aliphatic heterocycles. The number of amides is 4. The van der Waals surface area contributed by atoms with Gasteiger partial charge in [-0.15, -0.1) is 19.4 Å². The van der Waals surface area contributed by atoms with E-state index in [2.05, 4.69) is 53.9 Å². The molecule has 0 radical (unpaired) electrons. The predicted molar refractivity (Wildman–Crippen MR) is 214 cm³/mol. The third-order valence-corrected chi connectivity index (χ3v) is 14.9. The van der Waals surface area contributed by atoms with Crippen molar-refractivity contribution >= 4 is 29.4 Å². The number of hydrogen-bond donors (Lipinski definition) is 3. The van der Waals surface area contributed by atoms with E-state index in [4.69, 9.17) is 12.4 Å². The van der Waals surface area contributed by atoms with Gasteiger partial charge in [0.05, 0.1) is 22.0 Å². The molecule has 2 aromatic carbocycles. The van der Waals surface area contributed by atoms with Crippen molar-refractivity contribution in [3.63, 3.8) is 0 Å². The third kappa shape index (κ3) is 5.07. The van der Waals surface area contributed by atoms with Crippen molar-refractivity contribution in [2.45, 2.75) is 118 Å². The Morgan fingerprint density at radius 2 is 1.34 bits per heavy atom. The highest BCUT2D eigenvalue weighted by Crippen LogP contribution is 2.64. The topological polar surface area (TPSA) is 166 Å². The van der Waals surface area contributed by atoms with Gasteiger partial charge in [0, 0.05) is 66.2 Å². The van der Waals surface area contributed by atoms with E-state index in [9.17, 15) is 34.2 Å². The number of hydrogen-bond acceptors (Lipinski definition) is 11. The Bertz CT molecular complexity index is 2180. The maximum absolute atomic E-state index is 12.7. The van der Waals surface area contributed by atoms with Crippen molar-refractivity contribution in [1.82, 2.24) is 20.0 Å². The number of nitrogens with zero attached hydrogens (tertiary/aromatic N) is 3. The van der Waals surface area contributed by atoms with E-state index in [-0.39, 0.29) is 30.1 Å². The highest BCUT2D eigenvalue weighted by atomic mass is 16.5. The van der Waals surface area contributed by atoms with Gasteiger partial charge in [0.1, 0.15) is 17.9 Å². The standard InChI is InChI=1S/C20H23NO3.C17H19NO3.C6H8N2O3.C2H2.H2/c1-3-9-21-10-8-19-16-13-5-4-12(2)17(16)24-18(19)14(22)6-7-20(19,23)15(21)11-13;1-9-2-3-10-8-12-17(20)5-4-11(19)15-16(17,6-7-18-12)13(10)14(9)21-15;1-7-4(9)3-5(10)8(2)6(7)11;1-2;/h3-5,15,18,23H,1,6-11H2,2H3;2-3,12,15,18,20H,4-8H2,1H3;3H2,1-2H3;1-2H;1H/t15-,18+,19+,20-;12-,15+,16+,17-;;;/m11.../s1/i;;;;1+1D. The molecule has 2 saturated carbocycles. The number of barbiturate groups is 1. The molecule has 0 aromatic heterocycles. The average Bonchev–Trinajstić information content (AvgIpc) is 3.79. The number of ether oxygens (including phenoxy) is 2. The molecule has 11 rings (SSSR count). The molecule has 4 amide bonds. The van der Waals surface area contributed by atoms with Crippen LogP contribution in [-0.2, 0) is 42.8 Å². The lowest BCUT2D eigenvalue weighted by Gasteiger charge is -2.62. The number of nitrogens with one attached hydrogen (secondary N) is 1. The van der Waals surface area contributed by atoms with Crippen molar-refractivity contribution in [3.05, 3.63) is 70.3 Å². The van der Waals surface area contributed by atoms with E-state index in [1.807, 2.05) is 19.9 Å². The summed E-state index contributed by atoms with van der Waals surface area (Å²) in [5.74, 6) is 1.15. The first-order valence-electron chi connectivity index (χ1n) is 21.2. The predicted octanol–water partition coefficient (Wildman–Crippen LogP) is 2.83. The van der Waals surface area contributed by atoms with E-state index >= 15 is 0 Å². The quantitative estimate of drug-likeness (QED) is 0.233. The van der Waals surface area contributed by atoms with Crippen molar-refractivity contribution < 1.29 is 46.6 Å². The first kappa shape index (κ1) is 38.6. The number of rotatable bonds is 2. The van der Waals surface area contributed by atoms with Gasteiger partial charge in [-0.2, -0.15) is 0 Å². The molecular weight excluding hydrogens is 741 g/mol. The van der Waals surface area contributed by atoms with Crippen molar-refractivity contribution in [2.24, 2.45) is 0 Å². The fraction of sp³-hybridized carbons (Fsp3) is 0.533. The van der Waals surface area contributed by atoms with Crippen LogP contribution in [0.2, 0.25) is 0 Å². The van der Waals surface area contributed by atoms with E-state index in [0.717, 1.165) is 88.9 Å². The van der Waals surface area contributed by atoms with Crippen LogP contribution >= 0.6 is 0 Å². The smallest absolute Gasteiger partial charge is 0.332 e. The van der Waals surface area contributed by atoms with E-state index in [1.54, 1.807) is 0 Å². The zero-order chi connectivity index (χ0) is 43.7. The van der Waals surface area contributed by atoms with Crippen LogP contribution in [0.1, 0.15) is 81.3 Å². The number of likely N-dealkylation sites (tertiary alicyclic amines) is 1. The van der Waals surface area contributed by atoms with Crippen LogP contribution in [0.15, 0.2) is 36.9 Å². The summed E-state index contributed by atoms with van der Waals surface area (Å²) in [5.41, 5.74) is 4.09. The Labute approximate surface area is 341 Å². The molecule has 2 aromatic rings. The summed E-state index contributed by atoms with van der Waals surface area (Å²) in [4.78, 5) is 62.0. The molecule has 3 saturated heterocycles. The molecule has 5 fully saturated rings. The largest absolute Gasteiger partial charge is 0.481 e. The van der Waals surface area contributed by atoms with Gasteiger partial charge in [0.25, 0.3) is 0 Å². The summed E-state index contributed by atoms with van der Waals surface area (Å²) in [5, 5.41) is 26.9. The summed E-state index contributed by atoms with van der Waals surface area (Å²) in [6, 6.07) is 7.99. The van der Waals surface area contributed by atoms with Crippen LogP contribution < -0.4 is 14.8 Å². The number of Topliss-reactive ketones (excluding diaryl/α,β-unsaturated/α-hetero) is 2. The number of urea groups is 1. The molecule has 2 spiro atoms. The lowest BCUT2D eigenvalue weighted by Crippen LogP contribution is -2.76. The molecule has 308 valence electrons. The number of carbonyl (C=O) groups excluding carboxylic acids is 5. The fourth-order valence-corrected chi connectivity index (χ4v) is 12.1. The molecule has 0 unspecified atom stereocenters. The monoisotopic (exact) mass is 796 g/mol. The second-order valence-corrected chi connectivity index (χ2v) is 17.3. The van der Waals surface area contributed by atoms with Gasteiger partial charge in [-0.05, 0) is 81.2 Å². The highest BCUT2D eigenvalue weighted by molar-refractivity contribution is 6.13. The Balaban J connectivity index is 0.000000138. The highest BCUT2D eigenvalue weighted by Gasteiger charge is 2.73. The van der Waals surface area contributed by atoms with Gasteiger partial charge < -0.3 is 25.0 Å². The number of aliphatic hydroxyl groups is 2. The number of carbonyl (C=O) groups is 5. The Morgan fingerprint density at radius 3 is 1.90 bits per heavy atom. The number of benzene rings is 2. The van der Waals surface area contributed by atoms with Gasteiger partial charge in [-0.25, -0.2) is 4.79 Å². The molecule has 4 aliphatic carbocycles. The Kier molecular flexibility index (Phi) is 9.24. The number of piperidine rings is 2. The fourth-order valence-electron chi connectivity index (χ4n) is 12.1. The number of terminal acetylenes is 1. The summed E-state index contributed by atoms with van der Waals surface area (Å²) >= 11 is 0. The van der Waals surface area contributed by atoms with Crippen molar-refractivity contribution in [1.29, 1.82) is 0 Å². The SMILES string of the molecule is C#C.C=CCN1CC[C@]23c4c5ccc(C)c4O[C@H]2C(=O)CC[C@@]3(O)[C@H]1C5.CN1C(=O)CC(=O)N(C)C1=O.Cc1ccc2c3c1O[C@H]1C(=O)CC[C@@]4(O)[C@@H](C2)NCC[C@]314.[2H][2H]. The van der Waals surface area contributed by atoms with Crippen LogP contribution in [0.4, 0.5) is 4.79 Å². The minimum absolute atomic E-state index is 0.0320. The van der Waals surface area contributed by atoms with E-state index in [1.165, 1.54) is 25.2 Å². The number of aryl methyl sites for hydroxylation is 2. The summed E-state index contributed by atoms with van der Waals surface area (Å²) in [6.07, 6.45) is 13.8. The molecule has 13 nitrogen and oxygen atoms in total. The first-order valence-corrected chi connectivity index (χ1v) is 20.2. The van der Waals surface area contributed by atoms with Crippen LogP contribution in [0.25, 0.3) is 0 Å². The van der Waals surface area contributed by atoms with Crippen molar-refractivity contribution in [3.8, 4) is 24.3 Å². The van der Waals surface area contributed by atoms with Gasteiger partial charge in [-0.1, -0.05) is 30.3 Å². The molecule has 4 bridgehead atoms. The minimum atomic E-state index is -0.890. The minimum Gasteiger partial charge on any atom is -0.481 e. The molecule has 9 aliphatic rings. The summed E-state index contributed by atoms with van der Waals surface area (Å²) in [7, 11) is 2.71. The van der Waals surface area contributed by atoms with Crippen LogP contribution in [0, 0.1) is 26.7 Å². The van der Waals surface area contributed by atoms with Gasteiger partial charge in [-0.3, -0.25) is 33.9 Å². The summed E-state index contributed by atoms with van der Waals surface area (Å²) in [6.45, 7) is 10.4. The van der Waals surface area contributed by atoms with Crippen LogP contribution in [-0.4, -0.2) is 124 Å². The maximum atomic E-state index is 12.7. The normalized spacial score (nSPS) is 35.6. The average molecular weight is 797 g/mol. The molecule has 8 atom stereocenters. The molecule has 13 heteroatoms. The number of imide groups is 2. The summed E-state index contributed by atoms with van der Waals surface area (Å²) < 4.78 is 22.4. The zero-order valence-electron chi connectivity index (χ0n) is 35.6. The zero-order valence-corrected chi connectivity index (χ0v) is 33.6. The second kappa shape index (κ2) is 13.9. The van der Waals surface area contributed by atoms with Gasteiger partial charge >= 0.3 is 6.03 Å². The molecule has 58 heavy (non-hydrogen) atoms. The lowest BCUT2D eigenvalue weighted by atomic mass is 9.49. The van der Waals surface area contributed by atoms with Crippen LogP contribution in [0.3, 0.4) is 0 Å². The maximum Gasteiger partial charge on any atom is 0.332 e. The molecular formula is C45H54N4O9. The first-order chi connectivity index (χ1) is 28.6. The second-order valence-electron chi connectivity index (χ2n) is 17.3. The van der Waals surface area contributed by atoms with E-state index < -0.39 is 52.1 Å². The van der Waals surface area contributed by atoms with E-state index in [0.29, 0.717) is 25.7 Å². The lowest BCUT2D eigenvalue weighted by molar-refractivity contribution is -0.187. The third-order valence-electron chi connectivity index (χ3n) is 14.9.